The highest BCUT2D eigenvalue weighted by Crippen LogP contribution is 2.43. The molecule has 0 radical (unpaired) electrons. The van der Waals surface area contributed by atoms with Crippen molar-refractivity contribution in [1.29, 1.82) is 0 Å². The summed E-state index contributed by atoms with van der Waals surface area (Å²) in [5.74, 6) is -0.260. The van der Waals surface area contributed by atoms with Crippen LogP contribution in [-0.4, -0.2) is 66.1 Å². The van der Waals surface area contributed by atoms with Crippen molar-refractivity contribution in [3.05, 3.63) is 6.33 Å². The number of carbonyl (C=O) groups excluding carboxylic acids is 1. The summed E-state index contributed by atoms with van der Waals surface area (Å²) in [6.45, 7) is 2.84. The van der Waals surface area contributed by atoms with E-state index in [1.165, 1.54) is 29.9 Å². The van der Waals surface area contributed by atoms with Gasteiger partial charge in [-0.3, -0.25) is 9.59 Å². The van der Waals surface area contributed by atoms with E-state index in [2.05, 4.69) is 10.1 Å². The zero-order valence-corrected chi connectivity index (χ0v) is 13.6. The predicted octanol–water partition coefficient (Wildman–Crippen LogP) is -0.296. The average molecular weight is 343 g/mol. The first-order valence-corrected chi connectivity index (χ1v) is 8.93. The Kier molecular flexibility index (Phi) is 4.08. The van der Waals surface area contributed by atoms with Crippen molar-refractivity contribution >= 4 is 35.4 Å². The van der Waals surface area contributed by atoms with Crippen LogP contribution >= 0.6 is 23.5 Å². The van der Waals surface area contributed by atoms with Crippen molar-refractivity contribution in [1.82, 2.24) is 19.7 Å². The van der Waals surface area contributed by atoms with Crippen molar-refractivity contribution < 1.29 is 14.7 Å². The van der Waals surface area contributed by atoms with Crippen molar-refractivity contribution in [3.63, 3.8) is 0 Å². The second-order valence-corrected chi connectivity index (χ2v) is 7.47. The fraction of sp³-hybridized carbons (Fsp3) is 0.667. The Morgan fingerprint density at radius 1 is 1.68 bits per heavy atom. The number of thioether (sulfide) groups is 2. The fourth-order valence-corrected chi connectivity index (χ4v) is 5.38. The molecule has 120 valence electrons. The standard InChI is InChI=1S/C12H17N5O3S2/c1-2-17-11(14-6-15-17)22-5-12(10(19)20)3-16-8(18)7(13)9(16)21-4-12/h6-7,9H,2-5,13H2,1H3,(H,19,20)/t7?,9-,12?/m1/s1. The van der Waals surface area contributed by atoms with Gasteiger partial charge < -0.3 is 15.7 Å². The maximum absolute atomic E-state index is 11.8. The molecule has 2 unspecified atom stereocenters. The van der Waals surface area contributed by atoms with Crippen LogP contribution in [0.2, 0.25) is 0 Å². The van der Waals surface area contributed by atoms with Crippen LogP contribution in [-0.2, 0) is 16.1 Å². The third kappa shape index (κ3) is 2.38. The van der Waals surface area contributed by atoms with Crippen LogP contribution in [0.25, 0.3) is 0 Å². The van der Waals surface area contributed by atoms with E-state index in [4.69, 9.17) is 5.73 Å². The van der Waals surface area contributed by atoms with E-state index < -0.39 is 17.4 Å². The predicted molar refractivity (Wildman–Crippen MR) is 82.4 cm³/mol. The Morgan fingerprint density at radius 3 is 3.14 bits per heavy atom. The minimum atomic E-state index is -0.980. The lowest BCUT2D eigenvalue weighted by Crippen LogP contribution is -2.72. The molecule has 0 spiro atoms. The Morgan fingerprint density at radius 2 is 2.45 bits per heavy atom. The first-order chi connectivity index (χ1) is 10.5. The molecule has 0 saturated carbocycles. The first kappa shape index (κ1) is 15.6. The summed E-state index contributed by atoms with van der Waals surface area (Å²) >= 11 is 2.82. The molecular weight excluding hydrogens is 326 g/mol. The van der Waals surface area contributed by atoms with Gasteiger partial charge in [0.15, 0.2) is 5.16 Å². The number of β-lactam (4-membered cyclic amide) rings is 1. The summed E-state index contributed by atoms with van der Waals surface area (Å²) < 4.78 is 1.73. The van der Waals surface area contributed by atoms with Crippen LogP contribution < -0.4 is 5.73 Å². The normalized spacial score (nSPS) is 30.8. The SMILES string of the molecule is CCn1ncnc1SCC1(C(=O)O)CS[C@@H]2C(N)C(=O)N2C1. The molecule has 0 bridgehead atoms. The van der Waals surface area contributed by atoms with Crippen LogP contribution in [0.4, 0.5) is 0 Å². The number of nitrogens with two attached hydrogens (primary N) is 1. The number of rotatable bonds is 5. The highest BCUT2D eigenvalue weighted by atomic mass is 32.2. The molecular formula is C12H17N5O3S2. The molecule has 1 aromatic rings. The number of aromatic nitrogens is 3. The van der Waals surface area contributed by atoms with Gasteiger partial charge in [-0.25, -0.2) is 9.67 Å². The molecule has 1 amide bonds. The summed E-state index contributed by atoms with van der Waals surface area (Å²) in [5.41, 5.74) is 4.76. The molecule has 2 aliphatic rings. The zero-order chi connectivity index (χ0) is 15.9. The van der Waals surface area contributed by atoms with Crippen LogP contribution in [0, 0.1) is 5.41 Å². The van der Waals surface area contributed by atoms with Gasteiger partial charge in [-0.05, 0) is 6.92 Å². The number of carboxylic acid groups (broad SMARTS) is 1. The quantitative estimate of drug-likeness (QED) is 0.553. The van der Waals surface area contributed by atoms with Crippen molar-refractivity contribution in [2.24, 2.45) is 11.1 Å². The van der Waals surface area contributed by atoms with Gasteiger partial charge in [0.25, 0.3) is 0 Å². The molecule has 2 aliphatic heterocycles. The smallest absolute Gasteiger partial charge is 0.313 e. The number of aliphatic carboxylic acids is 1. The van der Waals surface area contributed by atoms with Gasteiger partial charge in [0, 0.05) is 24.6 Å². The topological polar surface area (TPSA) is 114 Å². The number of amides is 1. The fourth-order valence-electron chi connectivity index (χ4n) is 2.59. The average Bonchev–Trinajstić information content (AvgIpc) is 2.99. The lowest BCUT2D eigenvalue weighted by atomic mass is 9.89. The number of fused-ring (bicyclic) bond motifs is 1. The van der Waals surface area contributed by atoms with E-state index in [-0.39, 0.29) is 17.8 Å². The lowest BCUT2D eigenvalue weighted by Gasteiger charge is -2.52. The Labute approximate surface area is 135 Å². The van der Waals surface area contributed by atoms with Crippen LogP contribution in [0.5, 0.6) is 0 Å². The molecule has 2 fully saturated rings. The molecule has 1 aromatic heterocycles. The van der Waals surface area contributed by atoms with Crippen molar-refractivity contribution in [2.75, 3.05) is 18.1 Å². The van der Waals surface area contributed by atoms with E-state index in [1.807, 2.05) is 6.92 Å². The van der Waals surface area contributed by atoms with E-state index in [0.29, 0.717) is 23.2 Å². The molecule has 0 aliphatic carbocycles. The van der Waals surface area contributed by atoms with E-state index >= 15 is 0 Å². The van der Waals surface area contributed by atoms with Gasteiger partial charge in [0.05, 0.1) is 0 Å². The third-order valence-corrected chi connectivity index (χ3v) is 6.88. The van der Waals surface area contributed by atoms with Gasteiger partial charge in [0.2, 0.25) is 5.91 Å². The molecule has 10 heteroatoms. The molecule has 22 heavy (non-hydrogen) atoms. The minimum absolute atomic E-state index is 0.0794. The molecule has 3 rings (SSSR count). The summed E-state index contributed by atoms with van der Waals surface area (Å²) in [4.78, 5) is 29.3. The van der Waals surface area contributed by atoms with Crippen molar-refractivity contribution in [2.45, 2.75) is 30.0 Å². The monoisotopic (exact) mass is 343 g/mol. The number of hydrogen-bond donors (Lipinski definition) is 2. The van der Waals surface area contributed by atoms with Gasteiger partial charge in [0.1, 0.15) is 23.2 Å². The minimum Gasteiger partial charge on any atom is -0.481 e. The summed E-state index contributed by atoms with van der Waals surface area (Å²) in [5, 5.41) is 14.4. The van der Waals surface area contributed by atoms with E-state index in [1.54, 1.807) is 9.58 Å². The van der Waals surface area contributed by atoms with Gasteiger partial charge in [-0.1, -0.05) is 11.8 Å². The van der Waals surface area contributed by atoms with Crippen LogP contribution in [0.3, 0.4) is 0 Å². The molecule has 2 saturated heterocycles. The van der Waals surface area contributed by atoms with Crippen molar-refractivity contribution in [3.8, 4) is 0 Å². The summed E-state index contributed by atoms with van der Waals surface area (Å²) in [6, 6.07) is -0.493. The largest absolute Gasteiger partial charge is 0.481 e. The van der Waals surface area contributed by atoms with Crippen LogP contribution in [0.1, 0.15) is 6.92 Å². The van der Waals surface area contributed by atoms with Gasteiger partial charge >= 0.3 is 5.97 Å². The number of carbonyl (C=O) groups is 2. The number of nitrogens with zero attached hydrogens (tertiary/aromatic N) is 4. The maximum atomic E-state index is 11.8. The Hall–Kier alpha value is -1.26. The molecule has 8 nitrogen and oxygen atoms in total. The highest BCUT2D eigenvalue weighted by molar-refractivity contribution is 8.00. The summed E-state index contributed by atoms with van der Waals surface area (Å²) in [6.07, 6.45) is 1.46. The Balaban J connectivity index is 1.73. The van der Waals surface area contributed by atoms with Gasteiger partial charge in [-0.2, -0.15) is 5.10 Å². The summed E-state index contributed by atoms with van der Waals surface area (Å²) in [7, 11) is 0. The second kappa shape index (κ2) is 5.74. The maximum Gasteiger partial charge on any atom is 0.313 e. The number of hydrogen-bond acceptors (Lipinski definition) is 7. The third-order valence-electron chi connectivity index (χ3n) is 4.00. The Bertz CT molecular complexity index is 609. The lowest BCUT2D eigenvalue weighted by molar-refractivity contribution is -0.155. The second-order valence-electron chi connectivity index (χ2n) is 5.43. The van der Waals surface area contributed by atoms with E-state index in [9.17, 15) is 14.7 Å². The van der Waals surface area contributed by atoms with E-state index in [0.717, 1.165) is 0 Å². The zero-order valence-electron chi connectivity index (χ0n) is 12.0. The van der Waals surface area contributed by atoms with Crippen LogP contribution in [0.15, 0.2) is 11.5 Å². The molecule has 3 heterocycles. The number of aryl methyl sites for hydroxylation is 1. The molecule has 3 N–H and O–H groups in total. The molecule has 0 aromatic carbocycles. The van der Waals surface area contributed by atoms with Gasteiger partial charge in [-0.15, -0.1) is 11.8 Å². The first-order valence-electron chi connectivity index (χ1n) is 6.90. The molecule has 3 atom stereocenters. The number of carboxylic acids is 1. The highest BCUT2D eigenvalue weighted by Gasteiger charge is 2.55.